The Bertz CT molecular complexity index is 462. The van der Waals surface area contributed by atoms with Gasteiger partial charge < -0.3 is 30.1 Å². The van der Waals surface area contributed by atoms with Gasteiger partial charge in [-0.2, -0.15) is 0 Å². The summed E-state index contributed by atoms with van der Waals surface area (Å²) in [5.74, 6) is -0.522. The summed E-state index contributed by atoms with van der Waals surface area (Å²) in [5.41, 5.74) is 0. The van der Waals surface area contributed by atoms with E-state index in [4.69, 9.17) is 19.7 Å². The molecule has 8 nitrogen and oxygen atoms in total. The van der Waals surface area contributed by atoms with E-state index in [0.717, 1.165) is 12.8 Å². The van der Waals surface area contributed by atoms with E-state index in [1.54, 1.807) is 0 Å². The molecule has 0 bridgehead atoms. The molecule has 0 aliphatic carbocycles. The zero-order chi connectivity index (χ0) is 24.6. The fraction of sp³-hybridized carbons (Fsp3) is 0.920. The van der Waals surface area contributed by atoms with E-state index in [1.165, 1.54) is 70.6 Å². The van der Waals surface area contributed by atoms with Crippen molar-refractivity contribution in [3.05, 3.63) is 0 Å². The number of carbonyl (C=O) groups is 2. The summed E-state index contributed by atoms with van der Waals surface area (Å²) >= 11 is 0. The maximum absolute atomic E-state index is 11.8. The Morgan fingerprint density at radius 3 is 1.91 bits per heavy atom. The van der Waals surface area contributed by atoms with Crippen molar-refractivity contribution >= 4 is 11.9 Å². The van der Waals surface area contributed by atoms with Crippen LogP contribution in [0.25, 0.3) is 0 Å². The predicted octanol–water partition coefficient (Wildman–Crippen LogP) is 3.60. The van der Waals surface area contributed by atoms with E-state index in [0.29, 0.717) is 6.42 Å². The van der Waals surface area contributed by atoms with Crippen LogP contribution in [0.5, 0.6) is 0 Å². The van der Waals surface area contributed by atoms with Crippen LogP contribution in [0, 0.1) is 0 Å². The van der Waals surface area contributed by atoms with E-state index < -0.39 is 25.0 Å². The molecule has 1 amide bonds. The number of nitrogens with one attached hydrogen (secondary N) is 1. The highest BCUT2D eigenvalue weighted by Crippen LogP contribution is 2.12. The van der Waals surface area contributed by atoms with Crippen molar-refractivity contribution in [2.24, 2.45) is 0 Å². The minimum atomic E-state index is -1.21. The molecule has 0 heterocycles. The third kappa shape index (κ3) is 23.7. The monoisotopic (exact) mass is 475 g/mol. The number of esters is 1. The SMILES string of the molecule is CCCCCCCCCCCCCCCC(=O)NCCOC(=O)CCC(O)OCC(O)CO. The first-order valence-electron chi connectivity index (χ1n) is 13.0. The standard InChI is InChI=1S/C25H49NO7/c1-2-3-4-5-6-7-8-9-10-11-12-13-14-15-23(29)26-18-19-32-24(30)16-17-25(31)33-21-22(28)20-27/h22,25,27-28,31H,2-21H2,1H3,(H,26,29). The third-order valence-electron chi connectivity index (χ3n) is 5.48. The molecule has 8 heteroatoms. The van der Waals surface area contributed by atoms with E-state index in [-0.39, 0.29) is 38.5 Å². The van der Waals surface area contributed by atoms with Crippen molar-refractivity contribution in [3.63, 3.8) is 0 Å². The Hall–Kier alpha value is -1.22. The van der Waals surface area contributed by atoms with Crippen LogP contribution in [-0.2, 0) is 19.1 Å². The number of ether oxygens (including phenoxy) is 2. The van der Waals surface area contributed by atoms with Crippen molar-refractivity contribution < 1.29 is 34.4 Å². The van der Waals surface area contributed by atoms with E-state index in [1.807, 2.05) is 0 Å². The Morgan fingerprint density at radius 1 is 0.818 bits per heavy atom. The van der Waals surface area contributed by atoms with Crippen molar-refractivity contribution in [1.82, 2.24) is 5.32 Å². The van der Waals surface area contributed by atoms with Crippen LogP contribution in [0.15, 0.2) is 0 Å². The number of aliphatic hydroxyl groups is 3. The van der Waals surface area contributed by atoms with Gasteiger partial charge in [-0.1, -0.05) is 84.0 Å². The van der Waals surface area contributed by atoms with Crippen LogP contribution >= 0.6 is 0 Å². The zero-order valence-corrected chi connectivity index (χ0v) is 20.8. The van der Waals surface area contributed by atoms with E-state index in [2.05, 4.69) is 12.2 Å². The molecule has 0 aliphatic heterocycles. The first kappa shape index (κ1) is 31.8. The van der Waals surface area contributed by atoms with Crippen LogP contribution in [0.1, 0.15) is 110 Å². The average Bonchev–Trinajstić information content (AvgIpc) is 2.81. The second-order valence-electron chi connectivity index (χ2n) is 8.73. The van der Waals surface area contributed by atoms with Gasteiger partial charge in [0.1, 0.15) is 12.7 Å². The van der Waals surface area contributed by atoms with E-state index in [9.17, 15) is 14.7 Å². The predicted molar refractivity (Wildman–Crippen MR) is 129 cm³/mol. The van der Waals surface area contributed by atoms with Crippen molar-refractivity contribution in [3.8, 4) is 0 Å². The quantitative estimate of drug-likeness (QED) is 0.0955. The molecule has 2 unspecified atom stereocenters. The van der Waals surface area contributed by atoms with Crippen LogP contribution in [0.2, 0.25) is 0 Å². The average molecular weight is 476 g/mol. The molecule has 0 spiro atoms. The number of aliphatic hydroxyl groups excluding tert-OH is 3. The zero-order valence-electron chi connectivity index (χ0n) is 20.8. The molecule has 4 N–H and O–H groups in total. The lowest BCUT2D eigenvalue weighted by Crippen LogP contribution is -2.28. The van der Waals surface area contributed by atoms with Gasteiger partial charge in [-0.15, -0.1) is 0 Å². The number of rotatable bonds is 24. The second-order valence-corrected chi connectivity index (χ2v) is 8.73. The Morgan fingerprint density at radius 2 is 1.36 bits per heavy atom. The summed E-state index contributed by atoms with van der Waals surface area (Å²) in [6.45, 7) is 1.94. The summed E-state index contributed by atoms with van der Waals surface area (Å²) < 4.78 is 9.88. The summed E-state index contributed by atoms with van der Waals surface area (Å²) in [6.07, 6.45) is 14.8. The molecule has 0 aromatic carbocycles. The summed E-state index contributed by atoms with van der Waals surface area (Å²) in [5, 5.41) is 30.0. The first-order valence-corrected chi connectivity index (χ1v) is 13.0. The molecule has 0 radical (unpaired) electrons. The van der Waals surface area contributed by atoms with Gasteiger partial charge in [0.05, 0.1) is 26.2 Å². The van der Waals surface area contributed by atoms with Gasteiger partial charge in [0.2, 0.25) is 5.91 Å². The Balaban J connectivity index is 3.39. The van der Waals surface area contributed by atoms with Gasteiger partial charge in [0.25, 0.3) is 0 Å². The van der Waals surface area contributed by atoms with Gasteiger partial charge in [-0.3, -0.25) is 9.59 Å². The second kappa shape index (κ2) is 23.9. The molecule has 2 atom stereocenters. The number of amides is 1. The maximum Gasteiger partial charge on any atom is 0.306 e. The van der Waals surface area contributed by atoms with Gasteiger partial charge in [0.15, 0.2) is 6.29 Å². The van der Waals surface area contributed by atoms with Crippen molar-refractivity contribution in [1.29, 1.82) is 0 Å². The highest BCUT2D eigenvalue weighted by molar-refractivity contribution is 5.75. The Kier molecular flexibility index (Phi) is 23.0. The number of hydrogen-bond acceptors (Lipinski definition) is 7. The largest absolute Gasteiger partial charge is 0.464 e. The summed E-state index contributed by atoms with van der Waals surface area (Å²) in [6, 6.07) is 0. The highest BCUT2D eigenvalue weighted by Gasteiger charge is 2.12. The normalized spacial score (nSPS) is 13.0. The fourth-order valence-electron chi connectivity index (χ4n) is 3.42. The molecular weight excluding hydrogens is 426 g/mol. The smallest absolute Gasteiger partial charge is 0.306 e. The first-order chi connectivity index (χ1) is 16.0. The van der Waals surface area contributed by atoms with Crippen LogP contribution in [-0.4, -0.2) is 66.0 Å². The minimum Gasteiger partial charge on any atom is -0.464 e. The summed E-state index contributed by atoms with van der Waals surface area (Å²) in [4.78, 5) is 23.4. The van der Waals surface area contributed by atoms with Gasteiger partial charge >= 0.3 is 5.97 Å². The lowest BCUT2D eigenvalue weighted by molar-refractivity contribution is -0.152. The fourth-order valence-corrected chi connectivity index (χ4v) is 3.42. The number of hydrogen-bond donors (Lipinski definition) is 4. The molecule has 0 aliphatic rings. The molecule has 0 aromatic rings. The topological polar surface area (TPSA) is 125 Å². The molecule has 0 saturated carbocycles. The van der Waals surface area contributed by atoms with Crippen LogP contribution in [0.3, 0.4) is 0 Å². The van der Waals surface area contributed by atoms with Crippen molar-refractivity contribution in [2.75, 3.05) is 26.4 Å². The van der Waals surface area contributed by atoms with Gasteiger partial charge in [-0.25, -0.2) is 0 Å². The highest BCUT2D eigenvalue weighted by atomic mass is 16.6. The molecule has 196 valence electrons. The Labute approximate surface area is 200 Å². The lowest BCUT2D eigenvalue weighted by Gasteiger charge is -2.14. The number of carbonyl (C=O) groups excluding carboxylic acids is 2. The van der Waals surface area contributed by atoms with Gasteiger partial charge in [-0.05, 0) is 6.42 Å². The molecule has 0 saturated heterocycles. The van der Waals surface area contributed by atoms with Crippen molar-refractivity contribution in [2.45, 2.75) is 122 Å². The minimum absolute atomic E-state index is 0.0274. The number of unbranched alkanes of at least 4 members (excludes halogenated alkanes) is 12. The maximum atomic E-state index is 11.8. The molecule has 0 rings (SSSR count). The molecule has 33 heavy (non-hydrogen) atoms. The summed E-state index contributed by atoms with van der Waals surface area (Å²) in [7, 11) is 0. The lowest BCUT2D eigenvalue weighted by atomic mass is 10.0. The molecule has 0 fully saturated rings. The van der Waals surface area contributed by atoms with Crippen LogP contribution < -0.4 is 5.32 Å². The van der Waals surface area contributed by atoms with E-state index >= 15 is 0 Å². The third-order valence-corrected chi connectivity index (χ3v) is 5.48. The molecular formula is C25H49NO7. The molecule has 0 aromatic heterocycles. The van der Waals surface area contributed by atoms with Crippen LogP contribution in [0.4, 0.5) is 0 Å². The van der Waals surface area contributed by atoms with Gasteiger partial charge in [0, 0.05) is 12.8 Å².